The number of aromatic amines is 1. The normalized spacial score (nSPS) is 15.9. The third-order valence-electron chi connectivity index (χ3n) is 4.84. The van der Waals surface area contributed by atoms with E-state index in [9.17, 15) is 4.79 Å². The number of hydrogen-bond donors (Lipinski definition) is 3. The Kier molecular flexibility index (Phi) is 4.01. The standard InChI is InChI=1S/C18H22N6O/c1-11(17-23-22-16-7-4-8-24(16)17)21-18(25)14(19)9-12-10-20-15-6-3-2-5-13(12)15/h2-3,5-6,10-11,14,20H,4,7-9,19H2,1H3,(H,21,25)/t11?,14-/m0/s1. The van der Waals surface area contributed by atoms with Gasteiger partial charge < -0.3 is 20.6 Å². The van der Waals surface area contributed by atoms with Gasteiger partial charge in [-0.25, -0.2) is 0 Å². The van der Waals surface area contributed by atoms with Crippen LogP contribution in [0.3, 0.4) is 0 Å². The Bertz CT molecular complexity index is 911. The molecule has 2 aromatic heterocycles. The van der Waals surface area contributed by atoms with Crippen molar-refractivity contribution < 1.29 is 4.79 Å². The minimum Gasteiger partial charge on any atom is -0.361 e. The van der Waals surface area contributed by atoms with Crippen molar-refractivity contribution in [1.82, 2.24) is 25.1 Å². The van der Waals surface area contributed by atoms with Crippen molar-refractivity contribution in [2.45, 2.75) is 44.8 Å². The van der Waals surface area contributed by atoms with Crippen LogP contribution >= 0.6 is 0 Å². The fraction of sp³-hybridized carbons (Fsp3) is 0.389. The first-order valence-corrected chi connectivity index (χ1v) is 8.66. The summed E-state index contributed by atoms with van der Waals surface area (Å²) in [6.07, 6.45) is 4.44. The van der Waals surface area contributed by atoms with Crippen molar-refractivity contribution in [3.8, 4) is 0 Å². The number of aryl methyl sites for hydroxylation is 1. The van der Waals surface area contributed by atoms with Crippen LogP contribution in [0.2, 0.25) is 0 Å². The van der Waals surface area contributed by atoms with Gasteiger partial charge in [0.2, 0.25) is 5.91 Å². The molecule has 1 aliphatic rings. The number of fused-ring (bicyclic) bond motifs is 2. The quantitative estimate of drug-likeness (QED) is 0.655. The minimum atomic E-state index is -0.609. The highest BCUT2D eigenvalue weighted by molar-refractivity contribution is 5.86. The van der Waals surface area contributed by atoms with Gasteiger partial charge in [-0.1, -0.05) is 18.2 Å². The molecule has 1 aliphatic heterocycles. The number of nitrogens with one attached hydrogen (secondary N) is 2. The molecule has 0 radical (unpaired) electrons. The molecule has 3 aromatic rings. The van der Waals surface area contributed by atoms with Crippen LogP contribution in [0, 0.1) is 0 Å². The number of carbonyl (C=O) groups excluding carboxylic acids is 1. The van der Waals surface area contributed by atoms with Gasteiger partial charge in [-0.05, 0) is 31.4 Å². The summed E-state index contributed by atoms with van der Waals surface area (Å²) in [6, 6.07) is 7.20. The summed E-state index contributed by atoms with van der Waals surface area (Å²) < 4.78 is 2.09. The van der Waals surface area contributed by atoms with Crippen molar-refractivity contribution >= 4 is 16.8 Å². The molecule has 130 valence electrons. The summed E-state index contributed by atoms with van der Waals surface area (Å²) in [5.74, 6) is 1.63. The lowest BCUT2D eigenvalue weighted by Crippen LogP contribution is -2.43. The van der Waals surface area contributed by atoms with Gasteiger partial charge in [0.05, 0.1) is 12.1 Å². The molecule has 4 rings (SSSR count). The average Bonchev–Trinajstić information content (AvgIpc) is 3.30. The number of H-pyrrole nitrogens is 1. The zero-order valence-electron chi connectivity index (χ0n) is 14.2. The predicted octanol–water partition coefficient (Wildman–Crippen LogP) is 1.45. The first-order chi connectivity index (χ1) is 12.1. The second kappa shape index (κ2) is 6.33. The van der Waals surface area contributed by atoms with Gasteiger partial charge in [-0.3, -0.25) is 4.79 Å². The molecule has 4 N–H and O–H groups in total. The van der Waals surface area contributed by atoms with E-state index in [1.54, 1.807) is 0 Å². The third-order valence-corrected chi connectivity index (χ3v) is 4.84. The highest BCUT2D eigenvalue weighted by Gasteiger charge is 2.24. The fourth-order valence-electron chi connectivity index (χ4n) is 3.51. The van der Waals surface area contributed by atoms with E-state index in [4.69, 9.17) is 5.73 Å². The molecule has 1 unspecified atom stereocenters. The van der Waals surface area contributed by atoms with Crippen molar-refractivity contribution in [3.63, 3.8) is 0 Å². The number of amides is 1. The fourth-order valence-corrected chi connectivity index (χ4v) is 3.51. The maximum absolute atomic E-state index is 12.5. The van der Waals surface area contributed by atoms with E-state index < -0.39 is 6.04 Å². The molecule has 2 atom stereocenters. The molecule has 0 bridgehead atoms. The van der Waals surface area contributed by atoms with Gasteiger partial charge in [0.1, 0.15) is 5.82 Å². The van der Waals surface area contributed by atoms with Crippen LogP contribution in [0.15, 0.2) is 30.5 Å². The summed E-state index contributed by atoms with van der Waals surface area (Å²) in [5.41, 5.74) is 8.25. The van der Waals surface area contributed by atoms with Crippen LogP contribution in [-0.2, 0) is 24.2 Å². The molecule has 0 spiro atoms. The number of aromatic nitrogens is 4. The molecule has 0 aliphatic carbocycles. The van der Waals surface area contributed by atoms with Crippen molar-refractivity contribution in [1.29, 1.82) is 0 Å². The topological polar surface area (TPSA) is 102 Å². The highest BCUT2D eigenvalue weighted by Crippen LogP contribution is 2.20. The number of carbonyl (C=O) groups is 1. The number of rotatable bonds is 5. The summed E-state index contributed by atoms with van der Waals surface area (Å²) in [5, 5.41) is 12.5. The Balaban J connectivity index is 1.43. The van der Waals surface area contributed by atoms with Crippen LogP contribution in [0.4, 0.5) is 0 Å². The third kappa shape index (κ3) is 2.91. The van der Waals surface area contributed by atoms with Gasteiger partial charge in [-0.15, -0.1) is 10.2 Å². The second-order valence-electron chi connectivity index (χ2n) is 6.63. The lowest BCUT2D eigenvalue weighted by atomic mass is 10.0. The lowest BCUT2D eigenvalue weighted by Gasteiger charge is -2.17. The molecule has 1 amide bonds. The van der Waals surface area contributed by atoms with E-state index in [0.717, 1.165) is 47.5 Å². The van der Waals surface area contributed by atoms with Crippen LogP contribution in [0.1, 0.15) is 36.6 Å². The molecule has 25 heavy (non-hydrogen) atoms. The van der Waals surface area contributed by atoms with E-state index in [-0.39, 0.29) is 11.9 Å². The number of hydrogen-bond acceptors (Lipinski definition) is 4. The van der Waals surface area contributed by atoms with Gasteiger partial charge >= 0.3 is 0 Å². The first-order valence-electron chi connectivity index (χ1n) is 8.66. The SMILES string of the molecule is CC(NC(=O)[C@@H](N)Cc1c[nH]c2ccccc12)c1nnc2n1CCC2. The summed E-state index contributed by atoms with van der Waals surface area (Å²) in [6.45, 7) is 2.84. The first kappa shape index (κ1) is 15.8. The average molecular weight is 338 g/mol. The van der Waals surface area contributed by atoms with E-state index >= 15 is 0 Å². The Hall–Kier alpha value is -2.67. The Morgan fingerprint density at radius 3 is 3.12 bits per heavy atom. The zero-order chi connectivity index (χ0) is 17.4. The van der Waals surface area contributed by atoms with Crippen molar-refractivity contribution in [2.75, 3.05) is 0 Å². The number of nitrogens with two attached hydrogens (primary N) is 1. The van der Waals surface area contributed by atoms with Gasteiger partial charge in [0.25, 0.3) is 0 Å². The summed E-state index contributed by atoms with van der Waals surface area (Å²) >= 11 is 0. The van der Waals surface area contributed by atoms with E-state index in [1.807, 2.05) is 37.4 Å². The molecular weight excluding hydrogens is 316 g/mol. The molecular formula is C18H22N6O. The molecule has 1 aromatic carbocycles. The van der Waals surface area contributed by atoms with Crippen LogP contribution in [-0.4, -0.2) is 31.7 Å². The van der Waals surface area contributed by atoms with Crippen LogP contribution < -0.4 is 11.1 Å². The second-order valence-corrected chi connectivity index (χ2v) is 6.63. The number of para-hydroxylation sites is 1. The van der Waals surface area contributed by atoms with E-state index in [0.29, 0.717) is 6.42 Å². The minimum absolute atomic E-state index is 0.173. The Morgan fingerprint density at radius 2 is 2.24 bits per heavy atom. The zero-order valence-corrected chi connectivity index (χ0v) is 14.2. The van der Waals surface area contributed by atoms with E-state index in [2.05, 4.69) is 25.1 Å². The molecule has 7 heteroatoms. The maximum atomic E-state index is 12.5. The molecule has 0 saturated carbocycles. The lowest BCUT2D eigenvalue weighted by molar-refractivity contribution is -0.123. The molecule has 0 fully saturated rings. The molecule has 7 nitrogen and oxygen atoms in total. The van der Waals surface area contributed by atoms with Crippen molar-refractivity contribution in [2.24, 2.45) is 5.73 Å². The predicted molar refractivity (Wildman–Crippen MR) is 94.9 cm³/mol. The van der Waals surface area contributed by atoms with Crippen LogP contribution in [0.25, 0.3) is 10.9 Å². The van der Waals surface area contributed by atoms with Gasteiger partial charge in [-0.2, -0.15) is 0 Å². The van der Waals surface area contributed by atoms with Crippen LogP contribution in [0.5, 0.6) is 0 Å². The summed E-state index contributed by atoms with van der Waals surface area (Å²) in [4.78, 5) is 15.7. The smallest absolute Gasteiger partial charge is 0.237 e. The highest BCUT2D eigenvalue weighted by atomic mass is 16.2. The van der Waals surface area contributed by atoms with Crippen molar-refractivity contribution in [3.05, 3.63) is 47.7 Å². The molecule has 0 saturated heterocycles. The number of nitrogens with zero attached hydrogens (tertiary/aromatic N) is 3. The Labute approximate surface area is 145 Å². The van der Waals surface area contributed by atoms with Gasteiger partial charge in [0.15, 0.2) is 5.82 Å². The Morgan fingerprint density at radius 1 is 1.40 bits per heavy atom. The van der Waals surface area contributed by atoms with Gasteiger partial charge in [0, 0.05) is 30.1 Å². The maximum Gasteiger partial charge on any atom is 0.237 e. The largest absolute Gasteiger partial charge is 0.361 e. The molecule has 3 heterocycles. The van der Waals surface area contributed by atoms with E-state index in [1.165, 1.54) is 0 Å². The summed E-state index contributed by atoms with van der Waals surface area (Å²) in [7, 11) is 0. The monoisotopic (exact) mass is 338 g/mol. The number of benzene rings is 1.